The lowest BCUT2D eigenvalue weighted by molar-refractivity contribution is -0.217. The topological polar surface area (TPSA) is 18.5 Å². The van der Waals surface area contributed by atoms with Crippen molar-refractivity contribution in [2.75, 3.05) is 19.8 Å². The van der Waals surface area contributed by atoms with Crippen LogP contribution in [0.4, 0.5) is 0 Å². The first-order chi connectivity index (χ1) is 8.71. The molecule has 4 aliphatic carbocycles. The summed E-state index contributed by atoms with van der Waals surface area (Å²) in [6.45, 7) is 5.09. The molecule has 0 unspecified atom stereocenters. The zero-order chi connectivity index (χ0) is 12.2. The summed E-state index contributed by atoms with van der Waals surface area (Å²) in [6.07, 6.45) is 9.80. The van der Waals surface area contributed by atoms with E-state index in [9.17, 15) is 0 Å². The molecule has 5 fully saturated rings. The van der Waals surface area contributed by atoms with E-state index in [0.717, 1.165) is 37.6 Å². The van der Waals surface area contributed by atoms with E-state index in [-0.39, 0.29) is 5.60 Å². The van der Waals surface area contributed by atoms with Gasteiger partial charge in [0.1, 0.15) is 0 Å². The summed E-state index contributed by atoms with van der Waals surface area (Å²) < 4.78 is 12.0. The van der Waals surface area contributed by atoms with E-state index in [2.05, 4.69) is 6.92 Å². The molecule has 5 aliphatic rings. The molecule has 0 spiro atoms. The molecule has 1 heterocycles. The van der Waals surface area contributed by atoms with Crippen LogP contribution in [0.15, 0.2) is 0 Å². The first-order valence-electron chi connectivity index (χ1n) is 7.93. The van der Waals surface area contributed by atoms with Gasteiger partial charge in [-0.2, -0.15) is 0 Å². The van der Waals surface area contributed by atoms with Gasteiger partial charge in [-0.15, -0.1) is 0 Å². The molecule has 0 aromatic rings. The van der Waals surface area contributed by atoms with Crippen molar-refractivity contribution in [1.82, 2.24) is 0 Å². The second-order valence-corrected chi connectivity index (χ2v) is 7.74. The zero-order valence-corrected chi connectivity index (χ0v) is 11.6. The molecule has 4 bridgehead atoms. The Labute approximate surface area is 110 Å². The fourth-order valence-electron chi connectivity index (χ4n) is 5.29. The number of hydrogen-bond donors (Lipinski definition) is 0. The maximum Gasteiger partial charge on any atom is 0.0690 e. The Balaban J connectivity index is 1.44. The molecule has 0 aromatic heterocycles. The Hall–Kier alpha value is -0.0800. The van der Waals surface area contributed by atoms with Crippen molar-refractivity contribution in [3.05, 3.63) is 0 Å². The van der Waals surface area contributed by atoms with Gasteiger partial charge >= 0.3 is 0 Å². The highest BCUT2D eigenvalue weighted by Crippen LogP contribution is 2.57. The average Bonchev–Trinajstić information content (AvgIpc) is 2.26. The van der Waals surface area contributed by atoms with Crippen LogP contribution >= 0.6 is 0 Å². The molecule has 1 saturated heterocycles. The minimum atomic E-state index is 0.284. The van der Waals surface area contributed by atoms with E-state index >= 15 is 0 Å². The third-order valence-electron chi connectivity index (χ3n) is 6.23. The predicted molar refractivity (Wildman–Crippen MR) is 70.4 cm³/mol. The largest absolute Gasteiger partial charge is 0.380 e. The fraction of sp³-hybridized carbons (Fsp3) is 1.00. The summed E-state index contributed by atoms with van der Waals surface area (Å²) in [5.74, 6) is 2.98. The smallest absolute Gasteiger partial charge is 0.0690 e. The molecule has 102 valence electrons. The second kappa shape index (κ2) is 3.96. The predicted octanol–water partition coefficient (Wildman–Crippen LogP) is 3.40. The average molecular weight is 250 g/mol. The Morgan fingerprint density at radius 1 is 1.00 bits per heavy atom. The van der Waals surface area contributed by atoms with Gasteiger partial charge in [0.2, 0.25) is 0 Å². The van der Waals surface area contributed by atoms with Crippen molar-refractivity contribution in [2.24, 2.45) is 23.2 Å². The minimum absolute atomic E-state index is 0.284. The maximum atomic E-state index is 6.56. The van der Waals surface area contributed by atoms with Crippen molar-refractivity contribution in [2.45, 2.75) is 57.5 Å². The van der Waals surface area contributed by atoms with Crippen molar-refractivity contribution in [3.8, 4) is 0 Å². The van der Waals surface area contributed by atoms with Gasteiger partial charge in [-0.25, -0.2) is 0 Å². The molecule has 0 N–H and O–H groups in total. The highest BCUT2D eigenvalue weighted by Gasteiger charge is 2.52. The quantitative estimate of drug-likeness (QED) is 0.761. The van der Waals surface area contributed by atoms with Gasteiger partial charge in [-0.1, -0.05) is 6.92 Å². The second-order valence-electron chi connectivity index (χ2n) is 7.74. The third kappa shape index (κ3) is 1.76. The van der Waals surface area contributed by atoms with Crippen LogP contribution in [0.1, 0.15) is 51.9 Å². The van der Waals surface area contributed by atoms with Gasteiger partial charge in [-0.05, 0) is 62.7 Å². The minimum Gasteiger partial charge on any atom is -0.380 e. The summed E-state index contributed by atoms with van der Waals surface area (Å²) >= 11 is 0. The summed E-state index contributed by atoms with van der Waals surface area (Å²) in [5.41, 5.74) is 0.649. The van der Waals surface area contributed by atoms with Crippen LogP contribution in [-0.4, -0.2) is 25.4 Å². The van der Waals surface area contributed by atoms with Crippen LogP contribution in [0.25, 0.3) is 0 Å². The standard InChI is InChI=1S/C16H26O2/c1-2-15(9-17-10-15)11-18-16-6-12-3-13(7-16)5-14(4-12)8-16/h12-14H,2-11H2,1H3. The van der Waals surface area contributed by atoms with Gasteiger partial charge in [-0.3, -0.25) is 0 Å². The molecule has 2 heteroatoms. The molecule has 0 aromatic carbocycles. The van der Waals surface area contributed by atoms with Gasteiger partial charge in [0.25, 0.3) is 0 Å². The molecular formula is C16H26O2. The lowest BCUT2D eigenvalue weighted by Crippen LogP contribution is -2.55. The Morgan fingerprint density at radius 3 is 1.94 bits per heavy atom. The lowest BCUT2D eigenvalue weighted by Gasteiger charge is -2.57. The molecule has 0 atom stereocenters. The van der Waals surface area contributed by atoms with E-state index in [0.29, 0.717) is 5.41 Å². The van der Waals surface area contributed by atoms with Crippen LogP contribution in [-0.2, 0) is 9.47 Å². The third-order valence-corrected chi connectivity index (χ3v) is 6.23. The molecular weight excluding hydrogens is 224 g/mol. The molecule has 0 radical (unpaired) electrons. The number of hydrogen-bond acceptors (Lipinski definition) is 2. The van der Waals surface area contributed by atoms with Crippen molar-refractivity contribution >= 4 is 0 Å². The molecule has 2 nitrogen and oxygen atoms in total. The van der Waals surface area contributed by atoms with Crippen molar-refractivity contribution in [3.63, 3.8) is 0 Å². The van der Waals surface area contributed by atoms with E-state index in [4.69, 9.17) is 9.47 Å². The maximum absolute atomic E-state index is 6.56. The van der Waals surface area contributed by atoms with E-state index in [1.807, 2.05) is 0 Å². The van der Waals surface area contributed by atoms with Crippen LogP contribution in [0, 0.1) is 23.2 Å². The first kappa shape index (κ1) is 11.7. The SMILES string of the molecule is CCC1(COC23CC4CC(CC(C4)C2)C3)COC1. The highest BCUT2D eigenvalue weighted by atomic mass is 16.5. The van der Waals surface area contributed by atoms with Gasteiger partial charge in [0.05, 0.1) is 25.4 Å². The van der Waals surface area contributed by atoms with Crippen LogP contribution in [0.5, 0.6) is 0 Å². The van der Waals surface area contributed by atoms with E-state index in [1.165, 1.54) is 44.9 Å². The van der Waals surface area contributed by atoms with E-state index in [1.54, 1.807) is 0 Å². The molecule has 18 heavy (non-hydrogen) atoms. The number of ether oxygens (including phenoxy) is 2. The molecule has 4 saturated carbocycles. The lowest BCUT2D eigenvalue weighted by atomic mass is 9.54. The molecule has 0 amide bonds. The number of rotatable bonds is 4. The zero-order valence-electron chi connectivity index (χ0n) is 11.6. The van der Waals surface area contributed by atoms with Crippen molar-refractivity contribution in [1.29, 1.82) is 0 Å². The van der Waals surface area contributed by atoms with Crippen LogP contribution in [0.2, 0.25) is 0 Å². The molecule has 5 rings (SSSR count). The fourth-order valence-corrected chi connectivity index (χ4v) is 5.29. The van der Waals surface area contributed by atoms with Gasteiger partial charge < -0.3 is 9.47 Å². The Bertz CT molecular complexity index is 291. The Morgan fingerprint density at radius 2 is 1.56 bits per heavy atom. The molecule has 1 aliphatic heterocycles. The monoisotopic (exact) mass is 250 g/mol. The summed E-state index contributed by atoms with van der Waals surface area (Å²) in [5, 5.41) is 0. The van der Waals surface area contributed by atoms with Crippen LogP contribution in [0.3, 0.4) is 0 Å². The summed E-state index contributed by atoms with van der Waals surface area (Å²) in [7, 11) is 0. The Kier molecular flexibility index (Phi) is 2.58. The highest BCUT2D eigenvalue weighted by molar-refractivity contribution is 5.03. The normalized spacial score (nSPS) is 48.2. The van der Waals surface area contributed by atoms with Crippen LogP contribution < -0.4 is 0 Å². The van der Waals surface area contributed by atoms with Gasteiger partial charge in [0, 0.05) is 5.41 Å². The van der Waals surface area contributed by atoms with E-state index < -0.39 is 0 Å². The first-order valence-corrected chi connectivity index (χ1v) is 7.93. The van der Waals surface area contributed by atoms with Gasteiger partial charge in [0.15, 0.2) is 0 Å². The summed E-state index contributed by atoms with van der Waals surface area (Å²) in [4.78, 5) is 0. The summed E-state index contributed by atoms with van der Waals surface area (Å²) in [6, 6.07) is 0. The van der Waals surface area contributed by atoms with Crippen molar-refractivity contribution < 1.29 is 9.47 Å².